The van der Waals surface area contributed by atoms with E-state index in [0.717, 1.165) is 49.9 Å². The molecule has 2 heterocycles. The largest absolute Gasteiger partial charge is 0.381 e. The number of hydrogen-bond acceptors (Lipinski definition) is 5. The van der Waals surface area contributed by atoms with Gasteiger partial charge in [0, 0.05) is 25.0 Å². The third-order valence-corrected chi connectivity index (χ3v) is 3.19. The summed E-state index contributed by atoms with van der Waals surface area (Å²) in [5.74, 6) is 2.22. The second-order valence-corrected chi connectivity index (χ2v) is 4.71. The normalized spacial score (nSPS) is 16.8. The fraction of sp³-hybridized carbons (Fsp3) is 0.692. The zero-order valence-corrected chi connectivity index (χ0v) is 11.3. The van der Waals surface area contributed by atoms with Crippen LogP contribution in [0.15, 0.2) is 6.07 Å². The fourth-order valence-corrected chi connectivity index (χ4v) is 2.25. The third kappa shape index (κ3) is 3.40. The van der Waals surface area contributed by atoms with Crippen molar-refractivity contribution in [1.29, 1.82) is 0 Å². The predicted octanol–water partition coefficient (Wildman–Crippen LogP) is 1.89. The molecule has 0 atom stereocenters. The molecule has 0 amide bonds. The Bertz CT molecular complexity index is 372. The first-order valence-corrected chi connectivity index (χ1v) is 6.40. The Balaban J connectivity index is 2.06. The van der Waals surface area contributed by atoms with Crippen molar-refractivity contribution < 1.29 is 9.57 Å². The molecule has 1 saturated heterocycles. The molecule has 2 rings (SSSR count). The van der Waals surface area contributed by atoms with Gasteiger partial charge in [0.05, 0.1) is 13.7 Å². The lowest BCUT2D eigenvalue weighted by atomic mass is 10.0. The van der Waals surface area contributed by atoms with E-state index in [1.165, 1.54) is 0 Å². The van der Waals surface area contributed by atoms with Crippen molar-refractivity contribution in [3.05, 3.63) is 17.6 Å². The number of aromatic nitrogens is 2. The molecule has 1 aromatic rings. The van der Waals surface area contributed by atoms with Gasteiger partial charge in [0.2, 0.25) is 0 Å². The topological polar surface area (TPSA) is 47.5 Å². The molecule has 0 unspecified atom stereocenters. The monoisotopic (exact) mass is 251 g/mol. The summed E-state index contributed by atoms with van der Waals surface area (Å²) in [5, 5.41) is 1.86. The van der Waals surface area contributed by atoms with E-state index in [9.17, 15) is 0 Å². The number of nitrogens with zero attached hydrogens (tertiary/aromatic N) is 3. The number of rotatable bonds is 4. The average molecular weight is 251 g/mol. The maximum Gasteiger partial charge on any atom is 0.156 e. The first kappa shape index (κ1) is 13.2. The van der Waals surface area contributed by atoms with Crippen molar-refractivity contribution in [2.24, 2.45) is 5.92 Å². The molecule has 0 spiro atoms. The van der Waals surface area contributed by atoms with Gasteiger partial charge in [-0.2, -0.15) is 0 Å². The summed E-state index contributed by atoms with van der Waals surface area (Å²) >= 11 is 0. The van der Waals surface area contributed by atoms with Gasteiger partial charge in [-0.1, -0.05) is 0 Å². The molecule has 5 nitrogen and oxygen atoms in total. The van der Waals surface area contributed by atoms with Crippen LogP contribution in [0.4, 0.5) is 5.82 Å². The predicted molar refractivity (Wildman–Crippen MR) is 69.4 cm³/mol. The summed E-state index contributed by atoms with van der Waals surface area (Å²) in [4.78, 5) is 14.2. The minimum atomic E-state index is 0.606. The minimum Gasteiger partial charge on any atom is -0.381 e. The van der Waals surface area contributed by atoms with Crippen LogP contribution in [0, 0.1) is 19.8 Å². The fourth-order valence-electron chi connectivity index (χ4n) is 2.25. The molecule has 1 aromatic heterocycles. The van der Waals surface area contributed by atoms with Gasteiger partial charge in [0.15, 0.2) is 5.82 Å². The van der Waals surface area contributed by atoms with Gasteiger partial charge in [-0.15, -0.1) is 0 Å². The second kappa shape index (κ2) is 6.11. The zero-order valence-electron chi connectivity index (χ0n) is 11.3. The molecule has 1 fully saturated rings. The van der Waals surface area contributed by atoms with E-state index >= 15 is 0 Å². The number of anilines is 1. The molecule has 0 bridgehead atoms. The van der Waals surface area contributed by atoms with Gasteiger partial charge in [-0.3, -0.25) is 4.84 Å². The maximum absolute atomic E-state index is 5.45. The SMILES string of the molecule is CON(CC1CCOCC1)c1cc(C)nc(C)n1. The van der Waals surface area contributed by atoms with Crippen LogP contribution in [0.3, 0.4) is 0 Å². The maximum atomic E-state index is 5.45. The quantitative estimate of drug-likeness (QED) is 0.765. The molecule has 5 heteroatoms. The van der Waals surface area contributed by atoms with Crippen LogP contribution in [0.2, 0.25) is 0 Å². The number of aryl methyl sites for hydroxylation is 2. The van der Waals surface area contributed by atoms with E-state index in [1.807, 2.05) is 25.0 Å². The van der Waals surface area contributed by atoms with Gasteiger partial charge < -0.3 is 4.74 Å². The van der Waals surface area contributed by atoms with Gasteiger partial charge >= 0.3 is 0 Å². The minimum absolute atomic E-state index is 0.606. The summed E-state index contributed by atoms with van der Waals surface area (Å²) in [6.07, 6.45) is 2.17. The van der Waals surface area contributed by atoms with Crippen LogP contribution in [-0.4, -0.2) is 36.8 Å². The third-order valence-electron chi connectivity index (χ3n) is 3.19. The highest BCUT2D eigenvalue weighted by atomic mass is 16.7. The van der Waals surface area contributed by atoms with Crippen LogP contribution < -0.4 is 5.06 Å². The molecule has 0 N–H and O–H groups in total. The van der Waals surface area contributed by atoms with E-state index < -0.39 is 0 Å². The van der Waals surface area contributed by atoms with Crippen LogP contribution in [0.1, 0.15) is 24.4 Å². The molecule has 1 aliphatic heterocycles. The second-order valence-electron chi connectivity index (χ2n) is 4.71. The van der Waals surface area contributed by atoms with Crippen molar-refractivity contribution in [3.63, 3.8) is 0 Å². The Morgan fingerprint density at radius 2 is 2.06 bits per heavy atom. The highest BCUT2D eigenvalue weighted by molar-refractivity contribution is 5.36. The van der Waals surface area contributed by atoms with Gasteiger partial charge in [-0.05, 0) is 32.6 Å². The molecule has 1 aliphatic rings. The zero-order chi connectivity index (χ0) is 13.0. The summed E-state index contributed by atoms with van der Waals surface area (Å²) in [5.41, 5.74) is 0.964. The van der Waals surface area contributed by atoms with E-state index in [2.05, 4.69) is 9.97 Å². The lowest BCUT2D eigenvalue weighted by Gasteiger charge is -2.28. The van der Waals surface area contributed by atoms with Crippen LogP contribution in [0.5, 0.6) is 0 Å². The van der Waals surface area contributed by atoms with E-state index in [1.54, 1.807) is 7.11 Å². The molecule has 0 saturated carbocycles. The van der Waals surface area contributed by atoms with Crippen LogP contribution >= 0.6 is 0 Å². The highest BCUT2D eigenvalue weighted by Crippen LogP contribution is 2.20. The van der Waals surface area contributed by atoms with Crippen LogP contribution in [0.25, 0.3) is 0 Å². The van der Waals surface area contributed by atoms with E-state index in [4.69, 9.17) is 9.57 Å². The van der Waals surface area contributed by atoms with E-state index in [-0.39, 0.29) is 0 Å². The van der Waals surface area contributed by atoms with Crippen molar-refractivity contribution >= 4 is 5.82 Å². The van der Waals surface area contributed by atoms with Crippen molar-refractivity contribution in [2.75, 3.05) is 31.9 Å². The average Bonchev–Trinajstić information content (AvgIpc) is 2.36. The molecule has 0 aliphatic carbocycles. The Morgan fingerprint density at radius 1 is 1.33 bits per heavy atom. The standard InChI is InChI=1S/C13H21N3O2/c1-10-8-13(15-11(2)14-10)16(17-3)9-12-4-6-18-7-5-12/h8,12H,4-7,9H2,1-3H3. The van der Waals surface area contributed by atoms with Gasteiger partial charge in [0.1, 0.15) is 5.82 Å². The Kier molecular flexibility index (Phi) is 4.49. The van der Waals surface area contributed by atoms with Crippen molar-refractivity contribution in [3.8, 4) is 0 Å². The molecule has 100 valence electrons. The summed E-state index contributed by atoms with van der Waals surface area (Å²) in [6.45, 7) is 6.43. The smallest absolute Gasteiger partial charge is 0.156 e. The summed E-state index contributed by atoms with van der Waals surface area (Å²) in [6, 6.07) is 1.95. The molecule has 0 aromatic carbocycles. The molecular weight excluding hydrogens is 230 g/mol. The van der Waals surface area contributed by atoms with Crippen molar-refractivity contribution in [1.82, 2.24) is 9.97 Å². The van der Waals surface area contributed by atoms with Crippen molar-refractivity contribution in [2.45, 2.75) is 26.7 Å². The van der Waals surface area contributed by atoms with Gasteiger partial charge in [-0.25, -0.2) is 15.0 Å². The van der Waals surface area contributed by atoms with Crippen LogP contribution in [-0.2, 0) is 9.57 Å². The Hall–Kier alpha value is -1.20. The number of hydrogen-bond donors (Lipinski definition) is 0. The summed E-state index contributed by atoms with van der Waals surface area (Å²) in [7, 11) is 1.69. The lowest BCUT2D eigenvalue weighted by molar-refractivity contribution is 0.0557. The molecule has 18 heavy (non-hydrogen) atoms. The summed E-state index contributed by atoms with van der Waals surface area (Å²) < 4.78 is 5.37. The Labute approximate surface area is 108 Å². The number of ether oxygens (including phenoxy) is 1. The molecule has 0 radical (unpaired) electrons. The highest BCUT2D eigenvalue weighted by Gasteiger charge is 2.19. The lowest BCUT2D eigenvalue weighted by Crippen LogP contribution is -2.32. The first-order chi connectivity index (χ1) is 8.69. The number of hydroxylamine groups is 1. The molecular formula is C13H21N3O2. The Morgan fingerprint density at radius 3 is 2.67 bits per heavy atom. The first-order valence-electron chi connectivity index (χ1n) is 6.40. The van der Waals surface area contributed by atoms with Gasteiger partial charge in [0.25, 0.3) is 0 Å². The van der Waals surface area contributed by atoms with E-state index in [0.29, 0.717) is 5.92 Å².